The first-order chi connectivity index (χ1) is 12.0. The van der Waals surface area contributed by atoms with Crippen molar-refractivity contribution in [2.75, 3.05) is 20.6 Å². The van der Waals surface area contributed by atoms with Crippen LogP contribution >= 0.6 is 0 Å². The highest BCUT2D eigenvalue weighted by Gasteiger charge is 2.28. The van der Waals surface area contributed by atoms with Gasteiger partial charge in [0.15, 0.2) is 5.82 Å². The number of carbonyl (C=O) groups is 1. The van der Waals surface area contributed by atoms with E-state index >= 15 is 0 Å². The topological polar surface area (TPSA) is 62.5 Å². The quantitative estimate of drug-likeness (QED) is 0.734. The van der Waals surface area contributed by atoms with Gasteiger partial charge in [-0.2, -0.15) is 4.98 Å². The number of benzene rings is 1. The molecule has 0 fully saturated rings. The van der Waals surface area contributed by atoms with Gasteiger partial charge in [-0.3, -0.25) is 9.69 Å². The minimum Gasteiger partial charge on any atom is -0.339 e. The van der Waals surface area contributed by atoms with Crippen LogP contribution in [0.2, 0.25) is 0 Å². The fraction of sp³-hybridized carbons (Fsp3) is 0.500. The number of carbonyl (C=O) groups excluding carboxylic acids is 1. The number of amides is 1. The highest BCUT2D eigenvalue weighted by molar-refractivity contribution is 5.83. The fourth-order valence-electron chi connectivity index (χ4n) is 2.67. The van der Waals surface area contributed by atoms with Crippen LogP contribution in [-0.2, 0) is 17.8 Å². The van der Waals surface area contributed by atoms with Gasteiger partial charge in [-0.05, 0) is 45.1 Å². The van der Waals surface area contributed by atoms with Crippen molar-refractivity contribution in [1.29, 1.82) is 0 Å². The van der Waals surface area contributed by atoms with E-state index in [2.05, 4.69) is 10.1 Å². The Labute approximate surface area is 147 Å². The predicted octanol–water partition coefficient (Wildman–Crippen LogP) is 2.81. The lowest BCUT2D eigenvalue weighted by Gasteiger charge is -2.29. The minimum absolute atomic E-state index is 0.0825. The summed E-state index contributed by atoms with van der Waals surface area (Å²) >= 11 is 0. The molecule has 0 aliphatic heterocycles. The van der Waals surface area contributed by atoms with Crippen molar-refractivity contribution in [2.45, 2.75) is 39.3 Å². The summed E-state index contributed by atoms with van der Waals surface area (Å²) in [6.07, 6.45) is 1.65. The molecule has 0 bridgehead atoms. The third-order valence-corrected chi connectivity index (χ3v) is 3.94. The van der Waals surface area contributed by atoms with E-state index in [1.165, 1.54) is 12.1 Å². The van der Waals surface area contributed by atoms with Crippen molar-refractivity contribution in [3.05, 3.63) is 47.4 Å². The molecule has 2 rings (SSSR count). The Balaban J connectivity index is 2.18. The zero-order valence-electron chi connectivity index (χ0n) is 15.2. The molecule has 0 spiro atoms. The lowest BCUT2D eigenvalue weighted by atomic mass is 10.0. The molecule has 0 aliphatic rings. The Morgan fingerprint density at radius 1 is 1.24 bits per heavy atom. The van der Waals surface area contributed by atoms with Crippen LogP contribution in [0.25, 0.3) is 0 Å². The van der Waals surface area contributed by atoms with E-state index in [9.17, 15) is 9.18 Å². The molecule has 2 aromatic rings. The van der Waals surface area contributed by atoms with Crippen molar-refractivity contribution in [2.24, 2.45) is 0 Å². The molecule has 0 saturated carbocycles. The van der Waals surface area contributed by atoms with Crippen LogP contribution in [0.4, 0.5) is 4.39 Å². The Morgan fingerprint density at radius 2 is 1.92 bits per heavy atom. The maximum Gasteiger partial charge on any atom is 0.244 e. The number of aryl methyl sites for hydroxylation is 1. The van der Waals surface area contributed by atoms with Gasteiger partial charge in [0.2, 0.25) is 11.8 Å². The van der Waals surface area contributed by atoms with Crippen LogP contribution in [-0.4, -0.2) is 46.5 Å². The molecular formula is C18H25FN4O2. The third-order valence-electron chi connectivity index (χ3n) is 3.94. The van der Waals surface area contributed by atoms with Crippen molar-refractivity contribution >= 4 is 5.91 Å². The summed E-state index contributed by atoms with van der Waals surface area (Å²) in [6.45, 7) is 4.74. The molecule has 1 aromatic carbocycles. The van der Waals surface area contributed by atoms with E-state index in [0.717, 1.165) is 18.4 Å². The normalized spacial score (nSPS) is 12.4. The van der Waals surface area contributed by atoms with Crippen molar-refractivity contribution < 1.29 is 13.7 Å². The molecule has 1 atom stereocenters. The monoisotopic (exact) mass is 348 g/mol. The molecule has 25 heavy (non-hydrogen) atoms. The van der Waals surface area contributed by atoms with Crippen LogP contribution in [0.1, 0.15) is 43.6 Å². The van der Waals surface area contributed by atoms with Crippen LogP contribution < -0.4 is 0 Å². The smallest absolute Gasteiger partial charge is 0.244 e. The summed E-state index contributed by atoms with van der Waals surface area (Å²) in [5.74, 6) is 0.677. The number of likely N-dealkylation sites (N-methyl/N-ethyl adjacent to an activating group) is 2. The van der Waals surface area contributed by atoms with Gasteiger partial charge in [0, 0.05) is 13.0 Å². The molecule has 0 radical (unpaired) electrons. The zero-order valence-corrected chi connectivity index (χ0v) is 15.2. The molecule has 0 saturated heterocycles. The van der Waals surface area contributed by atoms with Gasteiger partial charge in [-0.15, -0.1) is 0 Å². The van der Waals surface area contributed by atoms with Gasteiger partial charge >= 0.3 is 0 Å². The Bertz CT molecular complexity index is 685. The maximum absolute atomic E-state index is 13.2. The van der Waals surface area contributed by atoms with Gasteiger partial charge in [0.05, 0.1) is 6.54 Å². The second kappa shape index (κ2) is 8.71. The summed E-state index contributed by atoms with van der Waals surface area (Å²) in [5.41, 5.74) is 0.745. The molecule has 1 aromatic heterocycles. The van der Waals surface area contributed by atoms with E-state index < -0.39 is 6.04 Å². The second-order valence-corrected chi connectivity index (χ2v) is 6.12. The maximum atomic E-state index is 13.2. The van der Waals surface area contributed by atoms with Gasteiger partial charge in [-0.1, -0.05) is 24.2 Å². The zero-order chi connectivity index (χ0) is 18.4. The Morgan fingerprint density at radius 3 is 2.48 bits per heavy atom. The predicted molar refractivity (Wildman–Crippen MR) is 92.2 cm³/mol. The van der Waals surface area contributed by atoms with Crippen LogP contribution in [0.15, 0.2) is 28.8 Å². The van der Waals surface area contributed by atoms with Crippen LogP contribution in [0.5, 0.6) is 0 Å². The molecule has 1 heterocycles. The minimum atomic E-state index is -0.498. The molecule has 0 aliphatic carbocycles. The number of aromatic nitrogens is 2. The molecule has 7 heteroatoms. The Kier molecular flexibility index (Phi) is 6.64. The Hall–Kier alpha value is -2.28. The lowest BCUT2D eigenvalue weighted by Crippen LogP contribution is -2.40. The fourth-order valence-corrected chi connectivity index (χ4v) is 2.67. The van der Waals surface area contributed by atoms with Gasteiger partial charge in [0.25, 0.3) is 0 Å². The number of rotatable bonds is 8. The summed E-state index contributed by atoms with van der Waals surface area (Å²) in [5, 5.41) is 3.95. The molecular weight excluding hydrogens is 323 g/mol. The van der Waals surface area contributed by atoms with Crippen molar-refractivity contribution in [1.82, 2.24) is 19.9 Å². The van der Waals surface area contributed by atoms with Gasteiger partial charge in [0.1, 0.15) is 11.9 Å². The first kappa shape index (κ1) is 19.1. The SMILES string of the molecule is CCCc1nc(CN(CC)C(=O)[C@H](c2ccc(F)cc2)N(C)C)no1. The largest absolute Gasteiger partial charge is 0.339 e. The van der Waals surface area contributed by atoms with Crippen LogP contribution in [0, 0.1) is 5.82 Å². The number of hydrogen-bond donors (Lipinski definition) is 0. The van der Waals surface area contributed by atoms with E-state index in [-0.39, 0.29) is 18.3 Å². The average Bonchev–Trinajstić information content (AvgIpc) is 3.02. The number of halogens is 1. The molecule has 136 valence electrons. The average molecular weight is 348 g/mol. The highest BCUT2D eigenvalue weighted by Crippen LogP contribution is 2.22. The molecule has 0 N–H and O–H groups in total. The second-order valence-electron chi connectivity index (χ2n) is 6.12. The van der Waals surface area contributed by atoms with Crippen LogP contribution in [0.3, 0.4) is 0 Å². The lowest BCUT2D eigenvalue weighted by molar-refractivity contribution is -0.136. The number of hydrogen-bond acceptors (Lipinski definition) is 5. The first-order valence-corrected chi connectivity index (χ1v) is 8.48. The standard InChI is InChI=1S/C18H25FN4O2/c1-5-7-16-20-15(21-25-16)12-23(6-2)18(24)17(22(3)4)13-8-10-14(19)11-9-13/h8-11,17H,5-7,12H2,1-4H3/t17-/m0/s1. The van der Waals surface area contributed by atoms with E-state index in [4.69, 9.17) is 4.52 Å². The summed E-state index contributed by atoms with van der Waals surface area (Å²) in [4.78, 5) is 20.9. The molecule has 1 amide bonds. The van der Waals surface area contributed by atoms with Gasteiger partial charge in [-0.25, -0.2) is 4.39 Å². The van der Waals surface area contributed by atoms with Crippen molar-refractivity contribution in [3.63, 3.8) is 0 Å². The van der Waals surface area contributed by atoms with E-state index in [1.807, 2.05) is 32.8 Å². The van der Waals surface area contributed by atoms with E-state index in [0.29, 0.717) is 18.3 Å². The summed E-state index contributed by atoms with van der Waals surface area (Å²) in [6, 6.07) is 5.51. The molecule has 0 unspecified atom stereocenters. The van der Waals surface area contributed by atoms with Gasteiger partial charge < -0.3 is 9.42 Å². The first-order valence-electron chi connectivity index (χ1n) is 8.48. The molecule has 6 nitrogen and oxygen atoms in total. The number of nitrogens with zero attached hydrogens (tertiary/aromatic N) is 4. The van der Waals surface area contributed by atoms with E-state index in [1.54, 1.807) is 17.0 Å². The summed E-state index contributed by atoms with van der Waals surface area (Å²) in [7, 11) is 3.65. The van der Waals surface area contributed by atoms with Crippen molar-refractivity contribution in [3.8, 4) is 0 Å². The third kappa shape index (κ3) is 4.85. The highest BCUT2D eigenvalue weighted by atomic mass is 19.1. The summed E-state index contributed by atoms with van der Waals surface area (Å²) < 4.78 is 18.4.